The zero-order valence-electron chi connectivity index (χ0n) is 9.63. The van der Waals surface area contributed by atoms with Gasteiger partial charge in [-0.1, -0.05) is 0 Å². The van der Waals surface area contributed by atoms with Crippen LogP contribution < -0.4 is 5.43 Å². The molecular formula is C9H7F3N4O4. The van der Waals surface area contributed by atoms with Crippen LogP contribution in [-0.2, 0) is 0 Å². The van der Waals surface area contributed by atoms with Crippen LogP contribution in [0.2, 0.25) is 0 Å². The Bertz CT molecular complexity index is 559. The molecule has 0 unspecified atom stereocenters. The number of nitrogens with zero attached hydrogens (tertiary/aromatic N) is 3. The van der Waals surface area contributed by atoms with Gasteiger partial charge in [-0.3, -0.25) is 25.7 Å². The SMILES string of the molecule is O=[N+]([O-])c1ccc(N/N=C\CC(F)(F)F)c([N+](=O)[O-])c1. The minimum atomic E-state index is -4.44. The van der Waals surface area contributed by atoms with Crippen LogP contribution in [0.4, 0.5) is 30.2 Å². The number of nitro groups is 2. The monoisotopic (exact) mass is 292 g/mol. The van der Waals surface area contributed by atoms with E-state index < -0.39 is 33.8 Å². The number of non-ortho nitro benzene ring substituents is 1. The van der Waals surface area contributed by atoms with Crippen molar-refractivity contribution in [2.24, 2.45) is 5.10 Å². The molecule has 0 spiro atoms. The van der Waals surface area contributed by atoms with E-state index in [1.165, 1.54) is 0 Å². The Labute approximate surface area is 109 Å². The molecule has 0 aliphatic heterocycles. The van der Waals surface area contributed by atoms with Gasteiger partial charge in [-0.05, 0) is 6.07 Å². The Hall–Kier alpha value is -2.72. The number of benzene rings is 1. The van der Waals surface area contributed by atoms with Crippen LogP contribution in [-0.4, -0.2) is 22.2 Å². The number of hydrogen-bond donors (Lipinski definition) is 1. The molecule has 20 heavy (non-hydrogen) atoms. The first-order chi connectivity index (χ1) is 9.20. The van der Waals surface area contributed by atoms with Crippen molar-refractivity contribution in [3.8, 4) is 0 Å². The largest absolute Gasteiger partial charge is 0.394 e. The molecule has 0 amide bonds. The molecule has 8 nitrogen and oxygen atoms in total. The minimum Gasteiger partial charge on any atom is -0.272 e. The predicted molar refractivity (Wildman–Crippen MR) is 62.5 cm³/mol. The Kier molecular flexibility index (Phi) is 4.56. The molecule has 1 N–H and O–H groups in total. The van der Waals surface area contributed by atoms with Gasteiger partial charge in [-0.15, -0.1) is 0 Å². The van der Waals surface area contributed by atoms with Gasteiger partial charge < -0.3 is 0 Å². The first-order valence-electron chi connectivity index (χ1n) is 4.98. The van der Waals surface area contributed by atoms with Crippen LogP contribution in [0.25, 0.3) is 0 Å². The number of hydrazone groups is 1. The lowest BCUT2D eigenvalue weighted by Gasteiger charge is -2.03. The van der Waals surface area contributed by atoms with Crippen molar-refractivity contribution in [1.82, 2.24) is 0 Å². The maximum Gasteiger partial charge on any atom is 0.394 e. The molecule has 0 aromatic heterocycles. The molecular weight excluding hydrogens is 285 g/mol. The molecule has 1 aromatic carbocycles. The molecule has 0 saturated heterocycles. The van der Waals surface area contributed by atoms with Gasteiger partial charge in [0.25, 0.3) is 5.69 Å². The highest BCUT2D eigenvalue weighted by Crippen LogP contribution is 2.28. The third kappa shape index (κ3) is 4.51. The van der Waals surface area contributed by atoms with Crippen LogP contribution in [0.5, 0.6) is 0 Å². The van der Waals surface area contributed by atoms with E-state index in [0.717, 1.165) is 12.1 Å². The molecule has 0 bridgehead atoms. The summed E-state index contributed by atoms with van der Waals surface area (Å²) >= 11 is 0. The van der Waals surface area contributed by atoms with Crippen molar-refractivity contribution in [2.75, 3.05) is 5.43 Å². The average Bonchev–Trinajstić information content (AvgIpc) is 2.33. The zero-order valence-corrected chi connectivity index (χ0v) is 9.63. The van der Waals surface area contributed by atoms with Crippen molar-refractivity contribution < 1.29 is 23.0 Å². The van der Waals surface area contributed by atoms with Gasteiger partial charge in [0, 0.05) is 12.3 Å². The normalized spacial score (nSPS) is 11.6. The molecule has 0 saturated carbocycles. The summed E-state index contributed by atoms with van der Waals surface area (Å²) in [4.78, 5) is 19.4. The number of halogens is 3. The lowest BCUT2D eigenvalue weighted by molar-refractivity contribution is -0.393. The van der Waals surface area contributed by atoms with Gasteiger partial charge in [0.2, 0.25) is 0 Å². The molecule has 0 aliphatic rings. The number of anilines is 1. The molecule has 1 rings (SSSR count). The number of hydrogen-bond acceptors (Lipinski definition) is 6. The zero-order chi connectivity index (χ0) is 15.3. The van der Waals surface area contributed by atoms with Crippen LogP contribution in [0.15, 0.2) is 23.3 Å². The van der Waals surface area contributed by atoms with Crippen molar-refractivity contribution in [3.05, 3.63) is 38.4 Å². The first kappa shape index (κ1) is 15.3. The van der Waals surface area contributed by atoms with Gasteiger partial charge in [-0.2, -0.15) is 18.3 Å². The highest BCUT2D eigenvalue weighted by atomic mass is 19.4. The van der Waals surface area contributed by atoms with Gasteiger partial charge in [0.15, 0.2) is 0 Å². The Morgan fingerprint density at radius 3 is 2.40 bits per heavy atom. The molecule has 0 fully saturated rings. The Balaban J connectivity index is 2.90. The lowest BCUT2D eigenvalue weighted by atomic mass is 10.2. The summed E-state index contributed by atoms with van der Waals surface area (Å²) in [6.07, 6.45) is -5.25. The third-order valence-corrected chi connectivity index (χ3v) is 1.99. The molecule has 0 atom stereocenters. The van der Waals surface area contributed by atoms with Crippen molar-refractivity contribution >= 4 is 23.3 Å². The lowest BCUT2D eigenvalue weighted by Crippen LogP contribution is -2.08. The topological polar surface area (TPSA) is 111 Å². The summed E-state index contributed by atoms with van der Waals surface area (Å²) in [6, 6.07) is 2.64. The summed E-state index contributed by atoms with van der Waals surface area (Å²) in [6.45, 7) is 0. The highest BCUT2D eigenvalue weighted by molar-refractivity contribution is 5.67. The fraction of sp³-hybridized carbons (Fsp3) is 0.222. The van der Waals surface area contributed by atoms with E-state index in [2.05, 4.69) is 5.10 Å². The van der Waals surface area contributed by atoms with E-state index in [9.17, 15) is 33.4 Å². The molecule has 11 heteroatoms. The third-order valence-electron chi connectivity index (χ3n) is 1.99. The summed E-state index contributed by atoms with van der Waals surface area (Å²) in [5.41, 5.74) is 0.612. The van der Waals surface area contributed by atoms with Gasteiger partial charge in [0.1, 0.15) is 5.69 Å². The van der Waals surface area contributed by atoms with E-state index in [0.29, 0.717) is 12.3 Å². The first-order valence-corrected chi connectivity index (χ1v) is 4.98. The number of nitrogens with one attached hydrogen (secondary N) is 1. The van der Waals surface area contributed by atoms with Gasteiger partial charge in [0.05, 0.1) is 22.3 Å². The molecule has 108 valence electrons. The Morgan fingerprint density at radius 1 is 1.25 bits per heavy atom. The number of nitro benzene ring substituents is 2. The van der Waals surface area contributed by atoms with Gasteiger partial charge in [-0.25, -0.2) is 0 Å². The minimum absolute atomic E-state index is 0.251. The molecule has 0 heterocycles. The van der Waals surface area contributed by atoms with E-state index in [1.807, 2.05) is 5.43 Å². The predicted octanol–water partition coefficient (Wildman–Crippen LogP) is 2.85. The summed E-state index contributed by atoms with van der Waals surface area (Å²) in [7, 11) is 0. The van der Waals surface area contributed by atoms with E-state index >= 15 is 0 Å². The van der Waals surface area contributed by atoms with Crippen LogP contribution in [0.3, 0.4) is 0 Å². The summed E-state index contributed by atoms with van der Waals surface area (Å²) in [5, 5.41) is 24.3. The Morgan fingerprint density at radius 2 is 1.90 bits per heavy atom. The van der Waals surface area contributed by atoms with Crippen LogP contribution in [0, 0.1) is 20.2 Å². The highest BCUT2D eigenvalue weighted by Gasteiger charge is 2.25. The average molecular weight is 292 g/mol. The number of alkyl halides is 3. The second-order valence-corrected chi connectivity index (χ2v) is 3.46. The van der Waals surface area contributed by atoms with Crippen molar-refractivity contribution in [2.45, 2.75) is 12.6 Å². The fourth-order valence-electron chi connectivity index (χ4n) is 1.14. The smallest absolute Gasteiger partial charge is 0.272 e. The fourth-order valence-corrected chi connectivity index (χ4v) is 1.14. The quantitative estimate of drug-likeness (QED) is 0.509. The standard InChI is InChI=1S/C9H7F3N4O4/c10-9(11,12)3-4-13-14-7-2-1-6(15(17)18)5-8(7)16(19)20/h1-2,4-5,14H,3H2/b13-4-. The van der Waals surface area contributed by atoms with E-state index in [4.69, 9.17) is 0 Å². The molecule has 0 radical (unpaired) electrons. The maximum absolute atomic E-state index is 11.8. The second kappa shape index (κ2) is 5.95. The van der Waals surface area contributed by atoms with Gasteiger partial charge >= 0.3 is 11.9 Å². The molecule has 1 aromatic rings. The molecule has 0 aliphatic carbocycles. The van der Waals surface area contributed by atoms with Crippen LogP contribution >= 0.6 is 0 Å². The van der Waals surface area contributed by atoms with Crippen molar-refractivity contribution in [3.63, 3.8) is 0 Å². The second-order valence-electron chi connectivity index (χ2n) is 3.46. The van der Waals surface area contributed by atoms with E-state index in [1.54, 1.807) is 0 Å². The summed E-state index contributed by atoms with van der Waals surface area (Å²) < 4.78 is 35.5. The van der Waals surface area contributed by atoms with Crippen LogP contribution in [0.1, 0.15) is 6.42 Å². The van der Waals surface area contributed by atoms with E-state index in [-0.39, 0.29) is 5.69 Å². The van der Waals surface area contributed by atoms with Crippen molar-refractivity contribution in [1.29, 1.82) is 0 Å². The number of rotatable bonds is 5. The summed E-state index contributed by atoms with van der Waals surface area (Å²) in [5.74, 6) is 0. The maximum atomic E-state index is 11.8.